The number of aromatic nitrogens is 1. The second kappa shape index (κ2) is 5.22. The topological polar surface area (TPSA) is 3.88 Å². The second-order valence-corrected chi connectivity index (χ2v) is 7.32. The zero-order valence-electron chi connectivity index (χ0n) is 13.9. The van der Waals surface area contributed by atoms with E-state index < -0.39 is 0 Å². The lowest BCUT2D eigenvalue weighted by Gasteiger charge is -2.35. The number of benzene rings is 1. The molecular weight excluding hydrogens is 266 g/mol. The fourth-order valence-electron chi connectivity index (χ4n) is 4.95. The fourth-order valence-corrected chi connectivity index (χ4v) is 4.95. The third-order valence-electron chi connectivity index (χ3n) is 6.04. The molecule has 2 aromatic rings. The summed E-state index contributed by atoms with van der Waals surface area (Å²) in [6.07, 6.45) is 11.9. The van der Waals surface area contributed by atoms with Crippen LogP contribution >= 0.6 is 0 Å². The first-order valence-corrected chi connectivity index (χ1v) is 8.79. The van der Waals surface area contributed by atoms with Crippen molar-refractivity contribution in [2.45, 2.75) is 57.3 Å². The van der Waals surface area contributed by atoms with E-state index in [2.05, 4.69) is 55.1 Å². The molecule has 114 valence electrons. The van der Waals surface area contributed by atoms with E-state index in [0.29, 0.717) is 5.41 Å². The number of hydrogen-bond acceptors (Lipinski definition) is 0. The molecule has 1 spiro atoms. The summed E-state index contributed by atoms with van der Waals surface area (Å²) in [7, 11) is 2.21. The van der Waals surface area contributed by atoms with Gasteiger partial charge in [0, 0.05) is 17.2 Å². The lowest BCUT2D eigenvalue weighted by molar-refractivity contribution is -0.660. The van der Waals surface area contributed by atoms with E-state index >= 15 is 0 Å². The van der Waals surface area contributed by atoms with Crippen LogP contribution < -0.4 is 4.57 Å². The van der Waals surface area contributed by atoms with Gasteiger partial charge in [0.25, 0.3) is 0 Å². The molecule has 1 fully saturated rings. The molecule has 2 aliphatic carbocycles. The van der Waals surface area contributed by atoms with Crippen molar-refractivity contribution in [3.8, 4) is 11.3 Å². The van der Waals surface area contributed by atoms with Gasteiger partial charge in [-0.25, -0.2) is 4.57 Å². The maximum Gasteiger partial charge on any atom is 0.216 e. The van der Waals surface area contributed by atoms with Gasteiger partial charge < -0.3 is 0 Å². The largest absolute Gasteiger partial charge is 0.216 e. The molecule has 1 heterocycles. The highest BCUT2D eigenvalue weighted by atomic mass is 14.9. The Kier molecular flexibility index (Phi) is 3.32. The zero-order chi connectivity index (χ0) is 15.2. The van der Waals surface area contributed by atoms with Crippen LogP contribution in [0.1, 0.15) is 55.2 Å². The Morgan fingerprint density at radius 3 is 2.45 bits per heavy atom. The molecule has 0 aliphatic heterocycles. The van der Waals surface area contributed by atoms with E-state index in [1.165, 1.54) is 61.8 Å². The van der Waals surface area contributed by atoms with Crippen LogP contribution in [0.2, 0.25) is 0 Å². The summed E-state index contributed by atoms with van der Waals surface area (Å²) in [4.78, 5) is 0. The van der Waals surface area contributed by atoms with Crippen molar-refractivity contribution < 1.29 is 4.57 Å². The quantitative estimate of drug-likeness (QED) is 0.674. The maximum atomic E-state index is 2.43. The fraction of sp³-hybridized carbons (Fsp3) is 0.476. The van der Waals surface area contributed by atoms with Crippen LogP contribution in [0.25, 0.3) is 11.3 Å². The number of fused-ring (bicyclic) bond motifs is 2. The van der Waals surface area contributed by atoms with Gasteiger partial charge in [0.05, 0.1) is 0 Å². The van der Waals surface area contributed by atoms with Crippen molar-refractivity contribution in [2.24, 2.45) is 7.05 Å². The van der Waals surface area contributed by atoms with Crippen LogP contribution in [0, 0.1) is 6.92 Å². The van der Waals surface area contributed by atoms with Gasteiger partial charge in [-0.3, -0.25) is 0 Å². The van der Waals surface area contributed by atoms with E-state index in [-0.39, 0.29) is 0 Å². The smallest absolute Gasteiger partial charge is 0.201 e. The molecule has 1 heteroatoms. The minimum absolute atomic E-state index is 0.499. The SMILES string of the molecule is Cc1ccccc1-c1c2c(cc[n+]1C)C1(CCCC1)CCC2. The Morgan fingerprint density at radius 2 is 1.68 bits per heavy atom. The summed E-state index contributed by atoms with van der Waals surface area (Å²) in [6, 6.07) is 11.3. The van der Waals surface area contributed by atoms with Gasteiger partial charge in [0.15, 0.2) is 6.20 Å². The zero-order valence-corrected chi connectivity index (χ0v) is 13.9. The molecule has 0 amide bonds. The van der Waals surface area contributed by atoms with Crippen LogP contribution in [0.3, 0.4) is 0 Å². The highest BCUT2D eigenvalue weighted by Crippen LogP contribution is 2.49. The van der Waals surface area contributed by atoms with Crippen molar-refractivity contribution in [1.82, 2.24) is 0 Å². The van der Waals surface area contributed by atoms with E-state index in [1.54, 1.807) is 11.1 Å². The summed E-state index contributed by atoms with van der Waals surface area (Å²) in [5.74, 6) is 0. The van der Waals surface area contributed by atoms with Crippen LogP contribution in [0.4, 0.5) is 0 Å². The van der Waals surface area contributed by atoms with Crippen molar-refractivity contribution in [2.75, 3.05) is 0 Å². The van der Waals surface area contributed by atoms with E-state index in [1.807, 2.05) is 0 Å². The van der Waals surface area contributed by atoms with Crippen molar-refractivity contribution in [3.63, 3.8) is 0 Å². The molecular formula is C21H26N+. The van der Waals surface area contributed by atoms with Crippen LogP contribution in [0.15, 0.2) is 36.5 Å². The Bertz CT molecular complexity index is 708. The van der Waals surface area contributed by atoms with Gasteiger partial charge >= 0.3 is 0 Å². The number of hydrogen-bond donors (Lipinski definition) is 0. The summed E-state index contributed by atoms with van der Waals surface area (Å²) in [6.45, 7) is 2.24. The average molecular weight is 292 g/mol. The molecule has 0 unspecified atom stereocenters. The molecule has 0 bridgehead atoms. The summed E-state index contributed by atoms with van der Waals surface area (Å²) >= 11 is 0. The molecule has 1 aromatic carbocycles. The number of nitrogens with zero attached hydrogens (tertiary/aromatic N) is 1. The van der Waals surface area contributed by atoms with Crippen molar-refractivity contribution >= 4 is 0 Å². The van der Waals surface area contributed by atoms with Gasteiger partial charge in [-0.05, 0) is 61.6 Å². The Morgan fingerprint density at radius 1 is 0.955 bits per heavy atom. The number of pyridine rings is 1. The molecule has 2 aliphatic rings. The molecule has 1 aromatic heterocycles. The monoisotopic (exact) mass is 292 g/mol. The minimum atomic E-state index is 0.499. The van der Waals surface area contributed by atoms with Gasteiger partial charge in [-0.15, -0.1) is 0 Å². The predicted molar refractivity (Wildman–Crippen MR) is 90.9 cm³/mol. The standard InChI is InChI=1S/C21H26N/c1-16-8-3-4-9-17(16)20-18-10-7-14-21(12-5-6-13-21)19(18)11-15-22(20)2/h3-4,8-9,11,15H,5-7,10,12-14H2,1-2H3/q+1. The molecule has 4 rings (SSSR count). The van der Waals surface area contributed by atoms with Crippen LogP contribution in [-0.4, -0.2) is 0 Å². The summed E-state index contributed by atoms with van der Waals surface area (Å²) in [5.41, 5.74) is 8.07. The molecule has 0 saturated heterocycles. The Hall–Kier alpha value is -1.63. The van der Waals surface area contributed by atoms with Crippen LogP contribution in [0.5, 0.6) is 0 Å². The van der Waals surface area contributed by atoms with Gasteiger partial charge in [0.2, 0.25) is 5.69 Å². The number of rotatable bonds is 1. The highest BCUT2D eigenvalue weighted by molar-refractivity contribution is 5.66. The number of aryl methyl sites for hydroxylation is 2. The molecule has 0 radical (unpaired) electrons. The Labute approximate surface area is 134 Å². The third kappa shape index (κ3) is 2.02. The van der Waals surface area contributed by atoms with Crippen molar-refractivity contribution in [3.05, 3.63) is 53.2 Å². The lowest BCUT2D eigenvalue weighted by atomic mass is 9.68. The summed E-state index contributed by atoms with van der Waals surface area (Å²) in [5, 5.41) is 0. The molecule has 1 nitrogen and oxygen atoms in total. The minimum Gasteiger partial charge on any atom is -0.201 e. The Balaban J connectivity index is 1.95. The average Bonchev–Trinajstić information content (AvgIpc) is 2.98. The van der Waals surface area contributed by atoms with Gasteiger partial charge in [-0.1, -0.05) is 31.0 Å². The van der Waals surface area contributed by atoms with E-state index in [0.717, 1.165) is 0 Å². The first-order chi connectivity index (χ1) is 10.7. The predicted octanol–water partition coefficient (Wildman–Crippen LogP) is 4.63. The molecule has 22 heavy (non-hydrogen) atoms. The first kappa shape index (κ1) is 14.0. The van der Waals surface area contributed by atoms with Crippen molar-refractivity contribution in [1.29, 1.82) is 0 Å². The van der Waals surface area contributed by atoms with E-state index in [9.17, 15) is 0 Å². The summed E-state index contributed by atoms with van der Waals surface area (Å²) < 4.78 is 2.34. The van der Waals surface area contributed by atoms with E-state index in [4.69, 9.17) is 0 Å². The maximum absolute atomic E-state index is 2.43. The first-order valence-electron chi connectivity index (χ1n) is 8.79. The molecule has 0 N–H and O–H groups in total. The molecule has 1 saturated carbocycles. The molecule has 0 atom stereocenters. The van der Waals surface area contributed by atoms with Gasteiger partial charge in [-0.2, -0.15) is 0 Å². The van der Waals surface area contributed by atoms with Gasteiger partial charge in [0.1, 0.15) is 7.05 Å². The highest BCUT2D eigenvalue weighted by Gasteiger charge is 2.41. The van der Waals surface area contributed by atoms with Crippen LogP contribution in [-0.2, 0) is 18.9 Å². The lowest BCUT2D eigenvalue weighted by Crippen LogP contribution is -2.37. The normalized spacial score (nSPS) is 19.4. The second-order valence-electron chi connectivity index (χ2n) is 7.32. The third-order valence-corrected chi connectivity index (χ3v) is 6.04.